The number of likely N-dealkylation sites (tertiary alicyclic amines) is 1. The summed E-state index contributed by atoms with van der Waals surface area (Å²) in [5.41, 5.74) is 2.74. The number of benzene rings is 2. The molecule has 2 fully saturated rings. The SMILES string of the molecule is CN1CCN(Cc2ccc(COCC3CCN(Cc4cc(C(F)(F)F)c5cn(-c6cccc(Cc7nncn7C)c6)c(=O)n5c4)CC3)cc2)CC1. The minimum Gasteiger partial charge on any atom is -0.376 e. The van der Waals surface area contributed by atoms with E-state index in [0.717, 1.165) is 80.0 Å². The fraction of sp³-hybridized carbons (Fsp3) is 0.447. The Morgan fingerprint density at radius 2 is 1.53 bits per heavy atom. The number of rotatable bonds is 11. The summed E-state index contributed by atoms with van der Waals surface area (Å²) in [6.07, 6.45) is 2.09. The van der Waals surface area contributed by atoms with Crippen LogP contribution in [0.2, 0.25) is 0 Å². The van der Waals surface area contributed by atoms with Gasteiger partial charge in [0.05, 0.1) is 23.4 Å². The van der Waals surface area contributed by atoms with Crippen molar-refractivity contribution in [3.05, 3.63) is 117 Å². The summed E-state index contributed by atoms with van der Waals surface area (Å²) in [5.74, 6) is 1.13. The van der Waals surface area contributed by atoms with E-state index >= 15 is 0 Å². The van der Waals surface area contributed by atoms with E-state index in [4.69, 9.17) is 4.74 Å². The number of piperazine rings is 1. The van der Waals surface area contributed by atoms with E-state index in [1.54, 1.807) is 35.3 Å². The summed E-state index contributed by atoms with van der Waals surface area (Å²) in [6.45, 7) is 8.45. The van der Waals surface area contributed by atoms with Gasteiger partial charge >= 0.3 is 11.9 Å². The molecule has 0 radical (unpaired) electrons. The Hall–Kier alpha value is -4.30. The Kier molecular flexibility index (Phi) is 10.4. The number of likely N-dealkylation sites (N-methyl/N-ethyl adjacent to an activating group) is 1. The van der Waals surface area contributed by atoms with Gasteiger partial charge in [-0.25, -0.2) is 4.79 Å². The standard InChI is InChI=1S/C38H45F3N8O2/c1-44-14-16-47(17-15-44)21-28-6-8-29(9-7-28)25-51-26-30-10-12-46(13-11-30)22-32-19-34(38(39,40)41)35-24-48(37(50)49(35)23-32)33-5-3-4-31(18-33)20-36-43-42-27-45(36)2/h3-9,18-19,23-24,27,30H,10-17,20-22,25-26H2,1-2H3. The van der Waals surface area contributed by atoms with Gasteiger partial charge in [0.25, 0.3) is 0 Å². The number of alkyl halides is 3. The highest BCUT2D eigenvalue weighted by Crippen LogP contribution is 2.34. The lowest BCUT2D eigenvalue weighted by Gasteiger charge is -2.32. The fourth-order valence-corrected chi connectivity index (χ4v) is 7.13. The number of imidazole rings is 1. The Morgan fingerprint density at radius 3 is 2.24 bits per heavy atom. The molecule has 3 aromatic heterocycles. The number of fused-ring (bicyclic) bond motifs is 1. The zero-order chi connectivity index (χ0) is 35.5. The lowest BCUT2D eigenvalue weighted by molar-refractivity contribution is -0.136. The summed E-state index contributed by atoms with van der Waals surface area (Å²) in [6, 6.07) is 17.1. The maximum atomic E-state index is 14.4. The lowest BCUT2D eigenvalue weighted by Crippen LogP contribution is -2.43. The molecule has 2 saturated heterocycles. The number of aryl methyl sites for hydroxylation is 1. The number of halogens is 3. The van der Waals surface area contributed by atoms with Crippen molar-refractivity contribution in [3.8, 4) is 5.69 Å². The predicted octanol–water partition coefficient (Wildman–Crippen LogP) is 5.00. The predicted molar refractivity (Wildman–Crippen MR) is 189 cm³/mol. The second-order valence-electron chi connectivity index (χ2n) is 14.1. The van der Waals surface area contributed by atoms with Crippen LogP contribution in [-0.2, 0) is 44.1 Å². The van der Waals surface area contributed by atoms with Gasteiger partial charge in [0.1, 0.15) is 12.2 Å². The summed E-state index contributed by atoms with van der Waals surface area (Å²) in [4.78, 5) is 20.6. The molecule has 0 N–H and O–H groups in total. The monoisotopic (exact) mass is 702 g/mol. The average Bonchev–Trinajstić information content (AvgIpc) is 3.68. The molecule has 5 aromatic rings. The van der Waals surface area contributed by atoms with Gasteiger partial charge in [-0.2, -0.15) is 13.2 Å². The Balaban J connectivity index is 0.954. The second kappa shape index (κ2) is 15.1. The highest BCUT2D eigenvalue weighted by Gasteiger charge is 2.35. The third kappa shape index (κ3) is 8.44. The maximum Gasteiger partial charge on any atom is 0.418 e. The molecule has 0 unspecified atom stereocenters. The lowest BCUT2D eigenvalue weighted by atomic mass is 9.97. The molecule has 0 spiro atoms. The van der Waals surface area contributed by atoms with E-state index in [2.05, 4.69) is 56.2 Å². The number of hydrogen-bond acceptors (Lipinski definition) is 7. The minimum absolute atomic E-state index is 0.171. The third-order valence-corrected chi connectivity index (χ3v) is 10.2. The summed E-state index contributed by atoms with van der Waals surface area (Å²) < 4.78 is 53.5. The molecule has 13 heteroatoms. The maximum absolute atomic E-state index is 14.4. The Bertz CT molecular complexity index is 1980. The molecule has 0 saturated carbocycles. The fourth-order valence-electron chi connectivity index (χ4n) is 7.13. The summed E-state index contributed by atoms with van der Waals surface area (Å²) >= 11 is 0. The first-order valence-electron chi connectivity index (χ1n) is 17.6. The molecule has 2 aliphatic heterocycles. The Morgan fingerprint density at radius 1 is 0.824 bits per heavy atom. The molecule has 0 aliphatic carbocycles. The van der Waals surface area contributed by atoms with Crippen molar-refractivity contribution in [3.63, 3.8) is 0 Å². The second-order valence-corrected chi connectivity index (χ2v) is 14.1. The minimum atomic E-state index is -4.62. The van der Waals surface area contributed by atoms with Gasteiger partial charge in [-0.15, -0.1) is 10.2 Å². The molecular weight excluding hydrogens is 657 g/mol. The smallest absolute Gasteiger partial charge is 0.376 e. The molecule has 0 bridgehead atoms. The molecule has 7 rings (SSSR count). The van der Waals surface area contributed by atoms with E-state index in [0.29, 0.717) is 43.3 Å². The van der Waals surface area contributed by atoms with E-state index in [1.165, 1.54) is 22.4 Å². The van der Waals surface area contributed by atoms with E-state index in [1.807, 2.05) is 13.1 Å². The molecule has 2 aromatic carbocycles. The third-order valence-electron chi connectivity index (χ3n) is 10.2. The van der Waals surface area contributed by atoms with Crippen LogP contribution >= 0.6 is 0 Å². The molecule has 10 nitrogen and oxygen atoms in total. The number of piperidine rings is 1. The van der Waals surface area contributed by atoms with Crippen LogP contribution in [-0.4, -0.2) is 91.4 Å². The van der Waals surface area contributed by atoms with Crippen LogP contribution in [0, 0.1) is 5.92 Å². The van der Waals surface area contributed by atoms with Crippen LogP contribution in [0.4, 0.5) is 13.2 Å². The molecule has 5 heterocycles. The van der Waals surface area contributed by atoms with Crippen LogP contribution in [0.1, 0.15) is 46.5 Å². The van der Waals surface area contributed by atoms with E-state index in [9.17, 15) is 18.0 Å². The number of ether oxygens (including phenoxy) is 1. The highest BCUT2D eigenvalue weighted by molar-refractivity contribution is 5.58. The van der Waals surface area contributed by atoms with Gasteiger partial charge in [0.15, 0.2) is 0 Å². The van der Waals surface area contributed by atoms with Crippen molar-refractivity contribution in [1.82, 2.24) is 38.4 Å². The molecule has 0 amide bonds. The normalized spacial score (nSPS) is 17.1. The zero-order valence-electron chi connectivity index (χ0n) is 29.2. The van der Waals surface area contributed by atoms with Crippen LogP contribution in [0.5, 0.6) is 0 Å². The van der Waals surface area contributed by atoms with Crippen molar-refractivity contribution in [1.29, 1.82) is 0 Å². The summed E-state index contributed by atoms with van der Waals surface area (Å²) in [7, 11) is 4.01. The van der Waals surface area contributed by atoms with Crippen molar-refractivity contribution in [2.45, 2.75) is 45.1 Å². The van der Waals surface area contributed by atoms with Gasteiger partial charge in [-0.1, -0.05) is 36.4 Å². The zero-order valence-corrected chi connectivity index (χ0v) is 29.2. The van der Waals surface area contributed by atoms with Crippen molar-refractivity contribution < 1.29 is 17.9 Å². The molecular formula is C38H45F3N8O2. The molecule has 2 aliphatic rings. The number of pyridine rings is 1. The average molecular weight is 703 g/mol. The topological polar surface area (TPSA) is 76.1 Å². The first-order chi connectivity index (χ1) is 24.6. The van der Waals surface area contributed by atoms with Crippen molar-refractivity contribution >= 4 is 5.52 Å². The van der Waals surface area contributed by atoms with E-state index in [-0.39, 0.29) is 5.52 Å². The van der Waals surface area contributed by atoms with Crippen LogP contribution in [0.3, 0.4) is 0 Å². The number of hydrogen-bond donors (Lipinski definition) is 0. The van der Waals surface area contributed by atoms with Crippen molar-refractivity contribution in [2.24, 2.45) is 13.0 Å². The van der Waals surface area contributed by atoms with Gasteiger partial charge in [0.2, 0.25) is 0 Å². The molecule has 51 heavy (non-hydrogen) atoms. The number of aromatic nitrogens is 5. The Labute approximate surface area is 295 Å². The van der Waals surface area contributed by atoms with Gasteiger partial charge in [0, 0.05) is 71.7 Å². The van der Waals surface area contributed by atoms with Gasteiger partial charge < -0.3 is 14.2 Å². The molecule has 270 valence electrons. The van der Waals surface area contributed by atoms with E-state index < -0.39 is 17.4 Å². The first-order valence-corrected chi connectivity index (χ1v) is 17.6. The largest absolute Gasteiger partial charge is 0.418 e. The van der Waals surface area contributed by atoms with Crippen LogP contribution < -0.4 is 5.69 Å². The first kappa shape index (κ1) is 35.1. The number of nitrogens with zero attached hydrogens (tertiary/aromatic N) is 8. The van der Waals surface area contributed by atoms with Gasteiger partial charge in [-0.05, 0) is 79.3 Å². The summed E-state index contributed by atoms with van der Waals surface area (Å²) in [5, 5.41) is 8.01. The van der Waals surface area contributed by atoms with Crippen LogP contribution in [0.25, 0.3) is 11.2 Å². The van der Waals surface area contributed by atoms with Crippen LogP contribution in [0.15, 0.2) is 78.1 Å². The highest BCUT2D eigenvalue weighted by atomic mass is 19.4. The van der Waals surface area contributed by atoms with Gasteiger partial charge in [-0.3, -0.25) is 18.8 Å². The quantitative estimate of drug-likeness (QED) is 0.192. The molecule has 0 atom stereocenters. The van der Waals surface area contributed by atoms with Crippen molar-refractivity contribution in [2.75, 3.05) is 52.9 Å².